The molecule has 0 saturated heterocycles. The molecule has 23 heavy (non-hydrogen) atoms. The topological polar surface area (TPSA) is 40.5 Å². The molecule has 0 heterocycles. The van der Waals surface area contributed by atoms with Crippen LogP contribution in [0.3, 0.4) is 0 Å². The van der Waals surface area contributed by atoms with Crippen molar-refractivity contribution < 1.29 is 9.90 Å². The summed E-state index contributed by atoms with van der Waals surface area (Å²) in [6.07, 6.45) is 2.22. The van der Waals surface area contributed by atoms with Gasteiger partial charge in [0.2, 0.25) is 5.91 Å². The van der Waals surface area contributed by atoms with Crippen LogP contribution in [0.2, 0.25) is 0 Å². The van der Waals surface area contributed by atoms with Crippen LogP contribution in [0.5, 0.6) is 5.75 Å². The smallest absolute Gasteiger partial charge is 0.220 e. The summed E-state index contributed by atoms with van der Waals surface area (Å²) in [6, 6.07) is 15.5. The van der Waals surface area contributed by atoms with Gasteiger partial charge in [-0.1, -0.05) is 49.7 Å². The summed E-state index contributed by atoms with van der Waals surface area (Å²) < 4.78 is 0. The average molecular weight is 311 g/mol. The molecular formula is C20H25NO2. The molecule has 0 radical (unpaired) electrons. The molecule has 2 aromatic carbocycles. The molecule has 1 unspecified atom stereocenters. The van der Waals surface area contributed by atoms with Crippen LogP contribution in [0.25, 0.3) is 0 Å². The molecule has 3 heteroatoms. The Hall–Kier alpha value is -2.29. The number of aryl methyl sites for hydroxylation is 1. The molecular weight excluding hydrogens is 286 g/mol. The normalized spacial score (nSPS) is 12.0. The third-order valence-corrected chi connectivity index (χ3v) is 4.16. The number of aromatic hydroxyl groups is 1. The lowest BCUT2D eigenvalue weighted by Gasteiger charge is -2.29. The first-order valence-corrected chi connectivity index (χ1v) is 8.15. The maximum absolute atomic E-state index is 12.1. The van der Waals surface area contributed by atoms with E-state index in [2.05, 4.69) is 38.1 Å². The Kier molecular flexibility index (Phi) is 5.80. The summed E-state index contributed by atoms with van der Waals surface area (Å²) >= 11 is 0. The van der Waals surface area contributed by atoms with E-state index < -0.39 is 0 Å². The van der Waals surface area contributed by atoms with Crippen LogP contribution in [-0.4, -0.2) is 15.9 Å². The lowest BCUT2D eigenvalue weighted by Crippen LogP contribution is -2.31. The monoisotopic (exact) mass is 311 g/mol. The first-order valence-electron chi connectivity index (χ1n) is 8.15. The van der Waals surface area contributed by atoms with Crippen LogP contribution in [0, 0.1) is 0 Å². The fraction of sp³-hybridized carbons (Fsp3) is 0.350. The van der Waals surface area contributed by atoms with Gasteiger partial charge in [0, 0.05) is 13.5 Å². The second-order valence-corrected chi connectivity index (χ2v) is 5.98. The number of benzene rings is 2. The fourth-order valence-corrected chi connectivity index (χ4v) is 2.75. The Balaban J connectivity index is 2.15. The number of phenols is 1. The molecule has 0 aliphatic rings. The van der Waals surface area contributed by atoms with Crippen LogP contribution >= 0.6 is 0 Å². The largest absolute Gasteiger partial charge is 0.508 e. The highest BCUT2D eigenvalue weighted by molar-refractivity contribution is 5.73. The van der Waals surface area contributed by atoms with Gasteiger partial charge < -0.3 is 10.0 Å². The van der Waals surface area contributed by atoms with Crippen molar-refractivity contribution in [3.8, 4) is 5.75 Å². The molecule has 0 aliphatic heterocycles. The molecule has 0 aromatic heterocycles. The summed E-state index contributed by atoms with van der Waals surface area (Å²) in [5.74, 6) is 0.283. The van der Waals surface area contributed by atoms with Gasteiger partial charge >= 0.3 is 0 Å². The van der Waals surface area contributed by atoms with Crippen molar-refractivity contribution in [2.24, 2.45) is 0 Å². The van der Waals surface area contributed by atoms with E-state index in [4.69, 9.17) is 0 Å². The van der Waals surface area contributed by atoms with Gasteiger partial charge in [-0.15, -0.1) is 0 Å². The lowest BCUT2D eigenvalue weighted by atomic mass is 10.0. The molecule has 1 atom stereocenters. The van der Waals surface area contributed by atoms with Gasteiger partial charge in [0.25, 0.3) is 0 Å². The zero-order chi connectivity index (χ0) is 16.8. The molecule has 0 bridgehead atoms. The number of carbonyl (C=O) groups is 1. The Bertz CT molecular complexity index is 632. The predicted molar refractivity (Wildman–Crippen MR) is 93.2 cm³/mol. The molecule has 1 amide bonds. The highest BCUT2D eigenvalue weighted by Crippen LogP contribution is 2.24. The molecule has 2 rings (SSSR count). The molecule has 1 N–H and O–H groups in total. The summed E-state index contributed by atoms with van der Waals surface area (Å²) in [7, 11) is 0. The number of hydrogen-bond acceptors (Lipinski definition) is 2. The van der Waals surface area contributed by atoms with Gasteiger partial charge in [-0.2, -0.15) is 0 Å². The molecule has 0 spiro atoms. The number of nitrogens with zero attached hydrogens (tertiary/aromatic N) is 1. The fourth-order valence-electron chi connectivity index (χ4n) is 2.75. The molecule has 0 aliphatic carbocycles. The zero-order valence-corrected chi connectivity index (χ0v) is 14.1. The Labute approximate surface area is 138 Å². The van der Waals surface area contributed by atoms with Crippen molar-refractivity contribution in [2.45, 2.75) is 46.2 Å². The van der Waals surface area contributed by atoms with Gasteiger partial charge in [0.1, 0.15) is 5.75 Å². The van der Waals surface area contributed by atoms with Crippen LogP contribution in [0.4, 0.5) is 0 Å². The van der Waals surface area contributed by atoms with Gasteiger partial charge in [-0.25, -0.2) is 0 Å². The van der Waals surface area contributed by atoms with E-state index in [9.17, 15) is 9.90 Å². The van der Waals surface area contributed by atoms with Crippen molar-refractivity contribution in [1.82, 2.24) is 4.90 Å². The first kappa shape index (κ1) is 17.1. The van der Waals surface area contributed by atoms with Crippen molar-refractivity contribution >= 4 is 5.91 Å². The number of rotatable bonds is 6. The van der Waals surface area contributed by atoms with Crippen molar-refractivity contribution in [3.05, 3.63) is 65.2 Å². The molecule has 122 valence electrons. The highest BCUT2D eigenvalue weighted by Gasteiger charge is 2.18. The van der Waals surface area contributed by atoms with Gasteiger partial charge in [0.05, 0.1) is 6.04 Å². The number of carbonyl (C=O) groups excluding carboxylic acids is 1. The van der Waals surface area contributed by atoms with Gasteiger partial charge in [0.15, 0.2) is 0 Å². The average Bonchev–Trinajstić information content (AvgIpc) is 2.54. The quantitative estimate of drug-likeness (QED) is 0.856. The van der Waals surface area contributed by atoms with E-state index in [0.717, 1.165) is 24.0 Å². The maximum atomic E-state index is 12.1. The van der Waals surface area contributed by atoms with Crippen LogP contribution in [0.15, 0.2) is 48.5 Å². The second kappa shape index (κ2) is 7.82. The molecule has 0 saturated carbocycles. The molecule has 3 nitrogen and oxygen atoms in total. The zero-order valence-electron chi connectivity index (χ0n) is 14.1. The minimum Gasteiger partial charge on any atom is -0.508 e. The summed E-state index contributed by atoms with van der Waals surface area (Å²) in [5.41, 5.74) is 3.47. The Morgan fingerprint density at radius 2 is 1.61 bits per heavy atom. The number of phenolic OH excluding ortho intramolecular Hbond substituents is 1. The van der Waals surface area contributed by atoms with Crippen LogP contribution in [0.1, 0.15) is 49.9 Å². The summed E-state index contributed by atoms with van der Waals surface area (Å²) in [6.45, 7) is 6.36. The third-order valence-electron chi connectivity index (χ3n) is 4.16. The number of hydrogen-bond donors (Lipinski definition) is 1. The Morgan fingerprint density at radius 1 is 1.04 bits per heavy atom. The van der Waals surface area contributed by atoms with E-state index in [1.165, 1.54) is 5.56 Å². The van der Waals surface area contributed by atoms with E-state index in [1.54, 1.807) is 19.1 Å². The highest BCUT2D eigenvalue weighted by atomic mass is 16.3. The molecule has 0 fully saturated rings. The van der Waals surface area contributed by atoms with Crippen LogP contribution < -0.4 is 0 Å². The van der Waals surface area contributed by atoms with Gasteiger partial charge in [-0.3, -0.25) is 4.79 Å². The maximum Gasteiger partial charge on any atom is 0.220 e. The third kappa shape index (κ3) is 4.59. The SMILES string of the molecule is CCCc1ccc(C(C)N(Cc2ccc(O)cc2)C(C)=O)cc1. The van der Waals surface area contributed by atoms with Crippen molar-refractivity contribution in [1.29, 1.82) is 0 Å². The first-order chi connectivity index (χ1) is 11.0. The van der Waals surface area contributed by atoms with Crippen molar-refractivity contribution in [3.63, 3.8) is 0 Å². The minimum atomic E-state index is 0.0111. The minimum absolute atomic E-state index is 0.0111. The number of amides is 1. The van der Waals surface area contributed by atoms with Crippen molar-refractivity contribution in [2.75, 3.05) is 0 Å². The van der Waals surface area contributed by atoms with E-state index in [1.807, 2.05) is 17.0 Å². The van der Waals surface area contributed by atoms with Crippen LogP contribution in [-0.2, 0) is 17.8 Å². The van der Waals surface area contributed by atoms with E-state index in [0.29, 0.717) is 6.54 Å². The van der Waals surface area contributed by atoms with E-state index >= 15 is 0 Å². The summed E-state index contributed by atoms with van der Waals surface area (Å²) in [5, 5.41) is 9.38. The summed E-state index contributed by atoms with van der Waals surface area (Å²) in [4.78, 5) is 13.9. The lowest BCUT2D eigenvalue weighted by molar-refractivity contribution is -0.131. The second-order valence-electron chi connectivity index (χ2n) is 5.98. The standard InChI is InChI=1S/C20H25NO2/c1-4-5-17-6-10-19(11-7-17)15(2)21(16(3)22)14-18-8-12-20(23)13-9-18/h6-13,15,23H,4-5,14H2,1-3H3. The molecule has 2 aromatic rings. The van der Waals surface area contributed by atoms with Gasteiger partial charge in [-0.05, 0) is 42.2 Å². The predicted octanol–water partition coefficient (Wildman–Crippen LogP) is 4.45. The van der Waals surface area contributed by atoms with E-state index in [-0.39, 0.29) is 17.7 Å². The Morgan fingerprint density at radius 3 is 2.13 bits per heavy atom.